The van der Waals surface area contributed by atoms with E-state index in [1.54, 1.807) is 24.3 Å². The summed E-state index contributed by atoms with van der Waals surface area (Å²) in [4.78, 5) is 34.7. The molecule has 2 aromatic carbocycles. The fraction of sp³-hybridized carbons (Fsp3) is 0.263. The molecule has 0 spiro atoms. The Labute approximate surface area is 160 Å². The van der Waals surface area contributed by atoms with Crippen LogP contribution in [-0.4, -0.2) is 41.7 Å². The van der Waals surface area contributed by atoms with Crippen LogP contribution in [0.5, 0.6) is 11.5 Å². The summed E-state index contributed by atoms with van der Waals surface area (Å²) in [6.45, 7) is 0.355. The van der Waals surface area contributed by atoms with Gasteiger partial charge in [0.25, 0.3) is 11.6 Å². The molecule has 0 radical (unpaired) electrons. The van der Waals surface area contributed by atoms with Gasteiger partial charge in [0.05, 0.1) is 16.9 Å². The largest absolute Gasteiger partial charge is 0.486 e. The van der Waals surface area contributed by atoms with Crippen molar-refractivity contribution in [1.82, 2.24) is 5.32 Å². The van der Waals surface area contributed by atoms with Gasteiger partial charge in [0.1, 0.15) is 18.8 Å². The van der Waals surface area contributed by atoms with Crippen LogP contribution in [0.3, 0.4) is 0 Å². The Morgan fingerprint density at radius 1 is 1.14 bits per heavy atom. The molecular formula is C19H18N2O7. The summed E-state index contributed by atoms with van der Waals surface area (Å²) in [7, 11) is 0. The van der Waals surface area contributed by atoms with E-state index in [-0.39, 0.29) is 43.2 Å². The Hall–Kier alpha value is -3.62. The lowest BCUT2D eigenvalue weighted by Gasteiger charge is -2.19. The molecule has 9 heteroatoms. The van der Waals surface area contributed by atoms with Crippen molar-refractivity contribution in [3.8, 4) is 11.5 Å². The van der Waals surface area contributed by atoms with Crippen molar-refractivity contribution in [2.24, 2.45) is 5.92 Å². The van der Waals surface area contributed by atoms with Gasteiger partial charge < -0.3 is 19.9 Å². The monoisotopic (exact) mass is 386 g/mol. The van der Waals surface area contributed by atoms with Crippen molar-refractivity contribution in [2.45, 2.75) is 6.42 Å². The maximum atomic E-state index is 12.5. The zero-order chi connectivity index (χ0) is 20.1. The van der Waals surface area contributed by atoms with Crippen LogP contribution in [0.2, 0.25) is 0 Å². The minimum atomic E-state index is -1.07. The number of carbonyl (C=O) groups is 2. The standard InChI is InChI=1S/C19H18N2O7/c22-18(20-11-13(19(23)24)8-12-4-2-1-3-5-12)14-9-16-17(28-7-6-27-16)10-15(14)21(25)26/h1-5,9-10,13H,6-8,11H2,(H,20,22)(H,23,24). The fourth-order valence-electron chi connectivity index (χ4n) is 2.87. The first-order chi connectivity index (χ1) is 13.5. The van der Waals surface area contributed by atoms with Gasteiger partial charge >= 0.3 is 5.97 Å². The number of carbonyl (C=O) groups excluding carboxylic acids is 1. The van der Waals surface area contributed by atoms with Crippen LogP contribution in [0.25, 0.3) is 0 Å². The number of nitrogens with one attached hydrogen (secondary N) is 1. The average Bonchev–Trinajstić information content (AvgIpc) is 2.70. The highest BCUT2D eigenvalue weighted by Gasteiger charge is 2.27. The van der Waals surface area contributed by atoms with Gasteiger partial charge in [-0.3, -0.25) is 19.7 Å². The molecule has 0 saturated carbocycles. The summed E-state index contributed by atoms with van der Waals surface area (Å²) >= 11 is 0. The molecule has 0 saturated heterocycles. The molecule has 1 heterocycles. The molecule has 1 aliphatic rings. The molecular weight excluding hydrogens is 368 g/mol. The summed E-state index contributed by atoms with van der Waals surface area (Å²) in [5.41, 5.74) is 0.171. The molecule has 2 N–H and O–H groups in total. The fourth-order valence-corrected chi connectivity index (χ4v) is 2.87. The van der Waals surface area contributed by atoms with Crippen molar-refractivity contribution in [3.05, 3.63) is 63.7 Å². The highest BCUT2D eigenvalue weighted by molar-refractivity contribution is 5.99. The highest BCUT2D eigenvalue weighted by atomic mass is 16.6. The summed E-state index contributed by atoms with van der Waals surface area (Å²) in [6.07, 6.45) is 0.222. The quantitative estimate of drug-likeness (QED) is 0.550. The second-order valence-corrected chi connectivity index (χ2v) is 6.21. The number of hydrogen-bond donors (Lipinski definition) is 2. The smallest absolute Gasteiger partial charge is 0.308 e. The molecule has 0 aromatic heterocycles. The molecule has 28 heavy (non-hydrogen) atoms. The summed E-state index contributed by atoms with van der Waals surface area (Å²) in [5, 5.41) is 23.2. The first kappa shape index (κ1) is 19.2. The van der Waals surface area contributed by atoms with Crippen molar-refractivity contribution in [3.63, 3.8) is 0 Å². The summed E-state index contributed by atoms with van der Waals surface area (Å²) in [6, 6.07) is 11.4. The van der Waals surface area contributed by atoms with Gasteiger partial charge in [-0.25, -0.2) is 0 Å². The number of carboxylic acids is 1. The number of fused-ring (bicyclic) bond motifs is 1. The van der Waals surface area contributed by atoms with Crippen molar-refractivity contribution in [1.29, 1.82) is 0 Å². The predicted molar refractivity (Wildman–Crippen MR) is 97.7 cm³/mol. The molecule has 2 aromatic rings. The van der Waals surface area contributed by atoms with Crippen LogP contribution in [0, 0.1) is 16.0 Å². The first-order valence-electron chi connectivity index (χ1n) is 8.58. The van der Waals surface area contributed by atoms with Gasteiger partial charge in [-0.15, -0.1) is 0 Å². The summed E-state index contributed by atoms with van der Waals surface area (Å²) in [5.74, 6) is -2.26. The molecule has 0 aliphatic carbocycles. The molecule has 1 unspecified atom stereocenters. The van der Waals surface area contributed by atoms with E-state index in [1.807, 2.05) is 6.07 Å². The van der Waals surface area contributed by atoms with Crippen LogP contribution in [-0.2, 0) is 11.2 Å². The van der Waals surface area contributed by atoms with Crippen molar-refractivity contribution >= 4 is 17.6 Å². The van der Waals surface area contributed by atoms with E-state index < -0.39 is 28.4 Å². The van der Waals surface area contributed by atoms with Crippen molar-refractivity contribution < 1.29 is 29.1 Å². The van der Waals surface area contributed by atoms with Gasteiger partial charge in [0.2, 0.25) is 0 Å². The second kappa shape index (κ2) is 8.38. The third-order valence-electron chi connectivity index (χ3n) is 4.29. The lowest BCUT2D eigenvalue weighted by molar-refractivity contribution is -0.385. The van der Waals surface area contributed by atoms with E-state index in [0.717, 1.165) is 11.6 Å². The second-order valence-electron chi connectivity index (χ2n) is 6.21. The van der Waals surface area contributed by atoms with E-state index in [1.165, 1.54) is 6.07 Å². The first-order valence-corrected chi connectivity index (χ1v) is 8.58. The van der Waals surface area contributed by atoms with Gasteiger partial charge in [0.15, 0.2) is 11.5 Å². The minimum Gasteiger partial charge on any atom is -0.486 e. The van der Waals surface area contributed by atoms with Gasteiger partial charge in [-0.1, -0.05) is 30.3 Å². The van der Waals surface area contributed by atoms with Gasteiger partial charge in [-0.05, 0) is 12.0 Å². The van der Waals surface area contributed by atoms with Crippen molar-refractivity contribution in [2.75, 3.05) is 19.8 Å². The molecule has 0 fully saturated rings. The molecule has 0 bridgehead atoms. The Bertz CT molecular complexity index is 899. The third-order valence-corrected chi connectivity index (χ3v) is 4.29. The molecule has 1 aliphatic heterocycles. The van der Waals surface area contributed by atoms with E-state index in [9.17, 15) is 24.8 Å². The van der Waals surface area contributed by atoms with E-state index in [0.29, 0.717) is 0 Å². The number of hydrogen-bond acceptors (Lipinski definition) is 6. The van der Waals surface area contributed by atoms with Gasteiger partial charge in [0, 0.05) is 12.6 Å². The number of carboxylic acid groups (broad SMARTS) is 1. The van der Waals surface area contributed by atoms with E-state index in [2.05, 4.69) is 5.32 Å². The maximum absolute atomic E-state index is 12.5. The number of nitro groups is 1. The number of ether oxygens (including phenoxy) is 2. The lowest BCUT2D eigenvalue weighted by Crippen LogP contribution is -2.34. The molecule has 1 atom stereocenters. The highest BCUT2D eigenvalue weighted by Crippen LogP contribution is 2.36. The Kier molecular flexibility index (Phi) is 5.73. The zero-order valence-corrected chi connectivity index (χ0v) is 14.8. The van der Waals surface area contributed by atoms with Crippen LogP contribution in [0.1, 0.15) is 15.9 Å². The molecule has 3 rings (SSSR count). The van der Waals surface area contributed by atoms with Crippen LogP contribution < -0.4 is 14.8 Å². The van der Waals surface area contributed by atoms with E-state index in [4.69, 9.17) is 9.47 Å². The average molecular weight is 386 g/mol. The lowest BCUT2D eigenvalue weighted by atomic mass is 9.99. The van der Waals surface area contributed by atoms with Crippen LogP contribution in [0.15, 0.2) is 42.5 Å². The Morgan fingerprint density at radius 3 is 2.39 bits per heavy atom. The molecule has 146 valence electrons. The van der Waals surface area contributed by atoms with Gasteiger partial charge in [-0.2, -0.15) is 0 Å². The number of amides is 1. The topological polar surface area (TPSA) is 128 Å². The Morgan fingerprint density at radius 2 is 1.79 bits per heavy atom. The van der Waals surface area contributed by atoms with Crippen LogP contribution >= 0.6 is 0 Å². The number of nitro benzene ring substituents is 1. The number of aliphatic carboxylic acids is 1. The molecule has 9 nitrogen and oxygen atoms in total. The number of nitrogens with zero attached hydrogens (tertiary/aromatic N) is 1. The molecule has 1 amide bonds. The van der Waals surface area contributed by atoms with E-state index >= 15 is 0 Å². The number of benzene rings is 2. The SMILES string of the molecule is O=C(NCC(Cc1ccccc1)C(=O)O)c1cc2c(cc1[N+](=O)[O-])OCCO2. The summed E-state index contributed by atoms with van der Waals surface area (Å²) < 4.78 is 10.7. The number of rotatable bonds is 7. The Balaban J connectivity index is 1.76. The zero-order valence-electron chi connectivity index (χ0n) is 14.8. The maximum Gasteiger partial charge on any atom is 0.308 e. The minimum absolute atomic E-state index is 0.172. The normalized spacial score (nSPS) is 13.4. The predicted octanol–water partition coefficient (Wildman–Crippen LogP) is 2.04. The van der Waals surface area contributed by atoms with Crippen LogP contribution in [0.4, 0.5) is 5.69 Å². The third kappa shape index (κ3) is 4.37.